The van der Waals surface area contributed by atoms with Crippen molar-refractivity contribution in [2.45, 2.75) is 38.6 Å². The van der Waals surface area contributed by atoms with E-state index >= 15 is 0 Å². The van der Waals surface area contributed by atoms with Crippen LogP contribution in [0.4, 0.5) is 0 Å². The van der Waals surface area contributed by atoms with Gasteiger partial charge in [0.2, 0.25) is 0 Å². The van der Waals surface area contributed by atoms with Gasteiger partial charge in [-0.2, -0.15) is 0 Å². The normalized spacial score (nSPS) is 14.3. The van der Waals surface area contributed by atoms with Crippen LogP contribution in [0.3, 0.4) is 0 Å². The van der Waals surface area contributed by atoms with Crippen LogP contribution >= 0.6 is 12.4 Å². The molecule has 0 amide bonds. The second kappa shape index (κ2) is 6.64. The molecule has 0 fully saturated rings. The zero-order valence-corrected chi connectivity index (χ0v) is 13.4. The van der Waals surface area contributed by atoms with Crippen LogP contribution in [-0.2, 0) is 19.4 Å². The van der Waals surface area contributed by atoms with Gasteiger partial charge in [-0.1, -0.05) is 18.2 Å². The summed E-state index contributed by atoms with van der Waals surface area (Å²) in [6, 6.07) is 8.96. The zero-order chi connectivity index (χ0) is 13.2. The number of rotatable bonds is 4. The van der Waals surface area contributed by atoms with Gasteiger partial charge in [0.25, 0.3) is 0 Å². The average molecular weight is 293 g/mol. The number of aromatic nitrogens is 1. The van der Waals surface area contributed by atoms with Crippen molar-refractivity contribution in [3.63, 3.8) is 0 Å². The molecule has 0 radical (unpaired) electrons. The number of hydrogen-bond donors (Lipinski definition) is 0. The number of nitrogens with zero attached hydrogens (tertiary/aromatic N) is 2. The van der Waals surface area contributed by atoms with E-state index in [2.05, 4.69) is 47.8 Å². The molecule has 0 saturated carbocycles. The van der Waals surface area contributed by atoms with E-state index in [1.165, 1.54) is 49.6 Å². The van der Waals surface area contributed by atoms with E-state index in [-0.39, 0.29) is 12.4 Å². The fourth-order valence-electron chi connectivity index (χ4n) is 3.39. The lowest BCUT2D eigenvalue weighted by Crippen LogP contribution is -2.16. The molecular weight excluding hydrogens is 268 g/mol. The van der Waals surface area contributed by atoms with Gasteiger partial charge >= 0.3 is 0 Å². The number of aryl methyl sites for hydroxylation is 2. The molecule has 20 heavy (non-hydrogen) atoms. The second-order valence-corrected chi connectivity index (χ2v) is 5.96. The molecular formula is C17H25ClN2. The molecule has 0 N–H and O–H groups in total. The highest BCUT2D eigenvalue weighted by Crippen LogP contribution is 2.32. The SMILES string of the molecule is CN(C)CCCn1c2c(c3ccccc31)CCCC2.Cl. The molecule has 3 rings (SSSR count). The maximum Gasteiger partial charge on any atom is 0.0485 e. The summed E-state index contributed by atoms with van der Waals surface area (Å²) >= 11 is 0. The first-order valence-corrected chi connectivity index (χ1v) is 7.51. The number of benzene rings is 1. The van der Waals surface area contributed by atoms with E-state index < -0.39 is 0 Å². The fraction of sp³-hybridized carbons (Fsp3) is 0.529. The number of para-hydroxylation sites is 1. The van der Waals surface area contributed by atoms with Gasteiger partial charge in [-0.05, 0) is 64.4 Å². The molecule has 0 aliphatic heterocycles. The van der Waals surface area contributed by atoms with E-state index in [0.29, 0.717) is 0 Å². The summed E-state index contributed by atoms with van der Waals surface area (Å²) < 4.78 is 2.59. The molecule has 110 valence electrons. The Bertz CT molecular complexity index is 572. The fourth-order valence-corrected chi connectivity index (χ4v) is 3.39. The van der Waals surface area contributed by atoms with Crippen LogP contribution in [-0.4, -0.2) is 30.1 Å². The van der Waals surface area contributed by atoms with Crippen molar-refractivity contribution in [1.29, 1.82) is 0 Å². The summed E-state index contributed by atoms with van der Waals surface area (Å²) in [5.74, 6) is 0. The van der Waals surface area contributed by atoms with Gasteiger partial charge < -0.3 is 9.47 Å². The summed E-state index contributed by atoms with van der Waals surface area (Å²) in [5, 5.41) is 1.50. The molecule has 0 spiro atoms. The largest absolute Gasteiger partial charge is 0.344 e. The Morgan fingerprint density at radius 1 is 1.10 bits per heavy atom. The second-order valence-electron chi connectivity index (χ2n) is 5.96. The van der Waals surface area contributed by atoms with Crippen LogP contribution in [0.15, 0.2) is 24.3 Å². The highest BCUT2D eigenvalue weighted by Gasteiger charge is 2.19. The standard InChI is InChI=1S/C17H24N2.ClH/c1-18(2)12-7-13-19-16-10-5-3-8-14(16)15-9-4-6-11-17(15)19;/h3,5,8,10H,4,6-7,9,11-13H2,1-2H3;1H. The van der Waals surface area contributed by atoms with Gasteiger partial charge in [0.05, 0.1) is 0 Å². The highest BCUT2D eigenvalue weighted by atomic mass is 35.5. The summed E-state index contributed by atoms with van der Waals surface area (Å²) in [4.78, 5) is 2.28. The Hall–Kier alpha value is -0.990. The Balaban J connectivity index is 0.00000147. The third-order valence-corrected chi connectivity index (χ3v) is 4.27. The molecule has 1 aliphatic rings. The van der Waals surface area contributed by atoms with E-state index in [9.17, 15) is 0 Å². The van der Waals surface area contributed by atoms with Gasteiger partial charge in [-0.25, -0.2) is 0 Å². The van der Waals surface area contributed by atoms with E-state index in [1.54, 1.807) is 11.3 Å². The van der Waals surface area contributed by atoms with Gasteiger partial charge in [0, 0.05) is 23.1 Å². The minimum Gasteiger partial charge on any atom is -0.344 e. The summed E-state index contributed by atoms with van der Waals surface area (Å²) in [7, 11) is 4.31. The summed E-state index contributed by atoms with van der Waals surface area (Å²) in [5.41, 5.74) is 4.70. The van der Waals surface area contributed by atoms with Crippen LogP contribution in [0.25, 0.3) is 10.9 Å². The Morgan fingerprint density at radius 2 is 1.85 bits per heavy atom. The molecule has 1 aliphatic carbocycles. The van der Waals surface area contributed by atoms with Crippen molar-refractivity contribution >= 4 is 23.3 Å². The molecule has 1 aromatic heterocycles. The molecule has 0 saturated heterocycles. The van der Waals surface area contributed by atoms with Crippen LogP contribution in [0.1, 0.15) is 30.5 Å². The first kappa shape index (κ1) is 15.4. The predicted molar refractivity (Wildman–Crippen MR) is 89.0 cm³/mol. The third kappa shape index (κ3) is 2.87. The smallest absolute Gasteiger partial charge is 0.0485 e. The van der Waals surface area contributed by atoms with Gasteiger partial charge in [0.1, 0.15) is 0 Å². The van der Waals surface area contributed by atoms with Gasteiger partial charge in [-0.3, -0.25) is 0 Å². The van der Waals surface area contributed by atoms with Crippen molar-refractivity contribution < 1.29 is 0 Å². The Kier molecular flexibility index (Phi) is 5.11. The first-order valence-electron chi connectivity index (χ1n) is 7.51. The van der Waals surface area contributed by atoms with Crippen LogP contribution in [0.5, 0.6) is 0 Å². The number of fused-ring (bicyclic) bond motifs is 3. The molecule has 0 bridgehead atoms. The molecule has 3 heteroatoms. The highest BCUT2D eigenvalue weighted by molar-refractivity contribution is 5.86. The Morgan fingerprint density at radius 3 is 2.65 bits per heavy atom. The molecule has 0 atom stereocenters. The number of halogens is 1. The van der Waals surface area contributed by atoms with Crippen molar-refractivity contribution in [3.8, 4) is 0 Å². The lowest BCUT2D eigenvalue weighted by atomic mass is 9.95. The minimum atomic E-state index is 0. The molecule has 2 nitrogen and oxygen atoms in total. The minimum absolute atomic E-state index is 0. The Labute approximate surface area is 128 Å². The van der Waals surface area contributed by atoms with E-state index in [0.717, 1.165) is 6.54 Å². The predicted octanol–water partition coefficient (Wildman–Crippen LogP) is 3.89. The summed E-state index contributed by atoms with van der Waals surface area (Å²) in [6.45, 7) is 2.33. The maximum absolute atomic E-state index is 2.59. The maximum atomic E-state index is 2.59. The van der Waals surface area contributed by atoms with Gasteiger partial charge in [0.15, 0.2) is 0 Å². The third-order valence-electron chi connectivity index (χ3n) is 4.27. The lowest BCUT2D eigenvalue weighted by molar-refractivity contribution is 0.386. The van der Waals surface area contributed by atoms with Crippen molar-refractivity contribution in [1.82, 2.24) is 9.47 Å². The average Bonchev–Trinajstić information content (AvgIpc) is 2.74. The monoisotopic (exact) mass is 292 g/mol. The quantitative estimate of drug-likeness (QED) is 0.830. The zero-order valence-electron chi connectivity index (χ0n) is 12.6. The van der Waals surface area contributed by atoms with Crippen LogP contribution in [0, 0.1) is 0 Å². The molecule has 0 unspecified atom stereocenters. The van der Waals surface area contributed by atoms with Crippen molar-refractivity contribution in [2.24, 2.45) is 0 Å². The summed E-state index contributed by atoms with van der Waals surface area (Å²) in [6.07, 6.45) is 6.50. The van der Waals surface area contributed by atoms with E-state index in [1.807, 2.05) is 0 Å². The van der Waals surface area contributed by atoms with Crippen LogP contribution < -0.4 is 0 Å². The van der Waals surface area contributed by atoms with Crippen LogP contribution in [0.2, 0.25) is 0 Å². The number of hydrogen-bond acceptors (Lipinski definition) is 1. The molecule has 1 aromatic carbocycles. The van der Waals surface area contributed by atoms with Crippen molar-refractivity contribution in [3.05, 3.63) is 35.5 Å². The topological polar surface area (TPSA) is 8.17 Å². The van der Waals surface area contributed by atoms with Crippen molar-refractivity contribution in [2.75, 3.05) is 20.6 Å². The van der Waals surface area contributed by atoms with Gasteiger partial charge in [-0.15, -0.1) is 12.4 Å². The lowest BCUT2D eigenvalue weighted by Gasteiger charge is -2.17. The molecule has 1 heterocycles. The first-order chi connectivity index (χ1) is 9.27. The van der Waals surface area contributed by atoms with E-state index in [4.69, 9.17) is 0 Å². The molecule has 2 aromatic rings.